The average Bonchev–Trinajstić information content (AvgIpc) is 2.54. The molecule has 0 aliphatic rings. The summed E-state index contributed by atoms with van der Waals surface area (Å²) in [5, 5.41) is 6.83. The zero-order valence-corrected chi connectivity index (χ0v) is 11.2. The number of amides is 1. The molecule has 0 fully saturated rings. The number of hydrogen-bond acceptors (Lipinski definition) is 3. The van der Waals surface area contributed by atoms with E-state index in [4.69, 9.17) is 5.73 Å². The minimum atomic E-state index is -0.160. The van der Waals surface area contributed by atoms with Crippen molar-refractivity contribution in [2.45, 2.75) is 27.7 Å². The zero-order chi connectivity index (χ0) is 13.2. The van der Waals surface area contributed by atoms with Crippen LogP contribution in [0.25, 0.3) is 0 Å². The maximum absolute atomic E-state index is 11.9. The fraction of sp³-hybridized carbons (Fsp3) is 0.667. The predicted molar refractivity (Wildman–Crippen MR) is 68.6 cm³/mol. The Balaban J connectivity index is 2.60. The van der Waals surface area contributed by atoms with Crippen molar-refractivity contribution >= 4 is 11.7 Å². The van der Waals surface area contributed by atoms with Crippen LogP contribution in [0.4, 0.5) is 5.82 Å². The van der Waals surface area contributed by atoms with Gasteiger partial charge < -0.3 is 11.1 Å². The van der Waals surface area contributed by atoms with Crippen LogP contribution in [0.1, 0.15) is 38.1 Å². The van der Waals surface area contributed by atoms with Crippen LogP contribution in [0.5, 0.6) is 0 Å². The van der Waals surface area contributed by atoms with Crippen LogP contribution >= 0.6 is 0 Å². The standard InChI is InChI=1S/C12H22N4O/c1-8(12(2,3)4)6-14-11(17)9-7-15-16(5)10(9)13/h7-8H,6,13H2,1-5H3,(H,14,17). The first-order valence-electron chi connectivity index (χ1n) is 5.79. The summed E-state index contributed by atoms with van der Waals surface area (Å²) < 4.78 is 1.49. The van der Waals surface area contributed by atoms with Crippen molar-refractivity contribution in [3.05, 3.63) is 11.8 Å². The third kappa shape index (κ3) is 3.22. The minimum Gasteiger partial charge on any atom is -0.383 e. The van der Waals surface area contributed by atoms with Crippen LogP contribution in [0.3, 0.4) is 0 Å². The number of carbonyl (C=O) groups excluding carboxylic acids is 1. The molecule has 0 bridgehead atoms. The van der Waals surface area contributed by atoms with E-state index in [1.54, 1.807) is 7.05 Å². The topological polar surface area (TPSA) is 72.9 Å². The van der Waals surface area contributed by atoms with Crippen LogP contribution < -0.4 is 11.1 Å². The number of nitrogens with zero attached hydrogens (tertiary/aromatic N) is 2. The maximum atomic E-state index is 11.9. The summed E-state index contributed by atoms with van der Waals surface area (Å²) >= 11 is 0. The smallest absolute Gasteiger partial charge is 0.256 e. The van der Waals surface area contributed by atoms with E-state index < -0.39 is 0 Å². The van der Waals surface area contributed by atoms with Gasteiger partial charge in [0.05, 0.1) is 6.20 Å². The van der Waals surface area contributed by atoms with Crippen LogP contribution in [-0.2, 0) is 7.05 Å². The number of aryl methyl sites for hydroxylation is 1. The Morgan fingerprint density at radius 2 is 2.18 bits per heavy atom. The van der Waals surface area contributed by atoms with Crippen molar-refractivity contribution in [2.24, 2.45) is 18.4 Å². The summed E-state index contributed by atoms with van der Waals surface area (Å²) in [6, 6.07) is 0. The van der Waals surface area contributed by atoms with Crippen LogP contribution in [0.2, 0.25) is 0 Å². The molecule has 0 saturated heterocycles. The Morgan fingerprint density at radius 1 is 1.59 bits per heavy atom. The molecular weight excluding hydrogens is 216 g/mol. The summed E-state index contributed by atoms with van der Waals surface area (Å²) in [7, 11) is 1.71. The Bertz CT molecular complexity index is 403. The van der Waals surface area contributed by atoms with E-state index in [1.165, 1.54) is 10.9 Å². The number of hydrogen-bond donors (Lipinski definition) is 2. The summed E-state index contributed by atoms with van der Waals surface area (Å²) in [6.07, 6.45) is 1.49. The van der Waals surface area contributed by atoms with Gasteiger partial charge in [0.25, 0.3) is 5.91 Å². The van der Waals surface area contributed by atoms with Gasteiger partial charge in [-0.15, -0.1) is 0 Å². The van der Waals surface area contributed by atoms with Crippen LogP contribution in [0, 0.1) is 11.3 Å². The van der Waals surface area contributed by atoms with Crippen LogP contribution in [-0.4, -0.2) is 22.2 Å². The number of rotatable bonds is 3. The second-order valence-corrected chi connectivity index (χ2v) is 5.54. The number of carbonyl (C=O) groups is 1. The molecule has 96 valence electrons. The van der Waals surface area contributed by atoms with Crippen LogP contribution in [0.15, 0.2) is 6.20 Å². The second-order valence-electron chi connectivity index (χ2n) is 5.54. The molecule has 0 radical (unpaired) electrons. The summed E-state index contributed by atoms with van der Waals surface area (Å²) in [5.41, 5.74) is 6.35. The largest absolute Gasteiger partial charge is 0.383 e. The van der Waals surface area contributed by atoms with Gasteiger partial charge >= 0.3 is 0 Å². The van der Waals surface area contributed by atoms with Crippen molar-refractivity contribution in [3.63, 3.8) is 0 Å². The average molecular weight is 238 g/mol. The van der Waals surface area contributed by atoms with Gasteiger partial charge in [-0.05, 0) is 11.3 Å². The molecule has 0 saturated carbocycles. The van der Waals surface area contributed by atoms with E-state index in [-0.39, 0.29) is 11.3 Å². The van der Waals surface area contributed by atoms with Crippen molar-refractivity contribution in [1.82, 2.24) is 15.1 Å². The molecule has 0 aliphatic carbocycles. The second kappa shape index (κ2) is 4.77. The lowest BCUT2D eigenvalue weighted by atomic mass is 9.82. The fourth-order valence-electron chi connectivity index (χ4n) is 1.27. The van der Waals surface area contributed by atoms with Gasteiger partial charge in [0.15, 0.2) is 0 Å². The number of anilines is 1. The summed E-state index contributed by atoms with van der Waals surface area (Å²) in [5.74, 6) is 0.627. The highest BCUT2D eigenvalue weighted by Crippen LogP contribution is 2.24. The molecular formula is C12H22N4O. The third-order valence-electron chi connectivity index (χ3n) is 3.28. The van der Waals surface area contributed by atoms with E-state index in [1.807, 2.05) is 0 Å². The Hall–Kier alpha value is -1.52. The van der Waals surface area contributed by atoms with Crippen molar-refractivity contribution in [1.29, 1.82) is 0 Å². The molecule has 1 rings (SSSR count). The number of nitrogens with one attached hydrogen (secondary N) is 1. The molecule has 0 aliphatic heterocycles. The minimum absolute atomic E-state index is 0.160. The first-order chi connectivity index (χ1) is 7.73. The van der Waals surface area contributed by atoms with E-state index in [0.29, 0.717) is 23.8 Å². The molecule has 5 heteroatoms. The fourth-order valence-corrected chi connectivity index (χ4v) is 1.27. The highest BCUT2D eigenvalue weighted by atomic mass is 16.1. The monoisotopic (exact) mass is 238 g/mol. The highest BCUT2D eigenvalue weighted by molar-refractivity contribution is 5.98. The molecule has 1 aromatic heterocycles. The van der Waals surface area contributed by atoms with Crippen molar-refractivity contribution in [3.8, 4) is 0 Å². The van der Waals surface area contributed by atoms with Crippen molar-refractivity contribution in [2.75, 3.05) is 12.3 Å². The number of aromatic nitrogens is 2. The number of nitrogens with two attached hydrogens (primary N) is 1. The first kappa shape index (κ1) is 13.5. The molecule has 1 heterocycles. The summed E-state index contributed by atoms with van der Waals surface area (Å²) in [4.78, 5) is 11.9. The normalized spacial score (nSPS) is 13.5. The van der Waals surface area contributed by atoms with Gasteiger partial charge in [-0.3, -0.25) is 9.48 Å². The Labute approximate surface area is 102 Å². The molecule has 0 aromatic carbocycles. The molecule has 0 spiro atoms. The SMILES string of the molecule is CC(CNC(=O)c1cnn(C)c1N)C(C)(C)C. The Morgan fingerprint density at radius 3 is 2.59 bits per heavy atom. The van der Waals surface area contributed by atoms with Gasteiger partial charge in [0.1, 0.15) is 11.4 Å². The lowest BCUT2D eigenvalue weighted by Gasteiger charge is -2.27. The van der Waals surface area contributed by atoms with E-state index in [0.717, 1.165) is 0 Å². The molecule has 17 heavy (non-hydrogen) atoms. The molecule has 5 nitrogen and oxygen atoms in total. The molecule has 1 amide bonds. The van der Waals surface area contributed by atoms with E-state index in [2.05, 4.69) is 38.1 Å². The van der Waals surface area contributed by atoms with Gasteiger partial charge in [-0.2, -0.15) is 5.10 Å². The van der Waals surface area contributed by atoms with Gasteiger partial charge in [0, 0.05) is 13.6 Å². The molecule has 1 aromatic rings. The predicted octanol–water partition coefficient (Wildman–Crippen LogP) is 1.41. The molecule has 1 atom stereocenters. The molecule has 3 N–H and O–H groups in total. The quantitative estimate of drug-likeness (QED) is 0.836. The number of nitrogen functional groups attached to an aromatic ring is 1. The molecule has 1 unspecified atom stereocenters. The zero-order valence-electron chi connectivity index (χ0n) is 11.2. The van der Waals surface area contributed by atoms with E-state index in [9.17, 15) is 4.79 Å². The lowest BCUT2D eigenvalue weighted by molar-refractivity contribution is 0.0938. The van der Waals surface area contributed by atoms with E-state index >= 15 is 0 Å². The third-order valence-corrected chi connectivity index (χ3v) is 3.28. The highest BCUT2D eigenvalue weighted by Gasteiger charge is 2.21. The van der Waals surface area contributed by atoms with Gasteiger partial charge in [-0.25, -0.2) is 0 Å². The van der Waals surface area contributed by atoms with Gasteiger partial charge in [0.2, 0.25) is 0 Å². The Kier molecular flexibility index (Phi) is 3.80. The maximum Gasteiger partial charge on any atom is 0.256 e. The first-order valence-corrected chi connectivity index (χ1v) is 5.79. The lowest BCUT2D eigenvalue weighted by Crippen LogP contribution is -2.33. The van der Waals surface area contributed by atoms with Gasteiger partial charge in [-0.1, -0.05) is 27.7 Å². The van der Waals surface area contributed by atoms with Crippen molar-refractivity contribution < 1.29 is 4.79 Å². The summed E-state index contributed by atoms with van der Waals surface area (Å²) in [6.45, 7) is 9.22.